The van der Waals surface area contributed by atoms with E-state index in [0.717, 1.165) is 0 Å². The smallest absolute Gasteiger partial charge is 0.242 e. The van der Waals surface area contributed by atoms with Crippen LogP contribution >= 0.6 is 0 Å². The molecule has 0 N–H and O–H groups in total. The van der Waals surface area contributed by atoms with Gasteiger partial charge in [0.2, 0.25) is 6.71 Å². The van der Waals surface area contributed by atoms with Gasteiger partial charge in [-0.15, -0.1) is 0 Å². The quantitative estimate of drug-likeness (QED) is 0.185. The maximum atomic E-state index is 2.38. The lowest BCUT2D eigenvalue weighted by atomic mass is 9.35. The predicted octanol–water partition coefficient (Wildman–Crippen LogP) is 8.74. The van der Waals surface area contributed by atoms with Gasteiger partial charge >= 0.3 is 0 Å². The van der Waals surface area contributed by atoms with Crippen LogP contribution in [0, 0.1) is 13.8 Å². The molecule has 0 saturated carbocycles. The molecule has 1 aromatic heterocycles. The van der Waals surface area contributed by atoms with E-state index in [4.69, 9.17) is 0 Å². The van der Waals surface area contributed by atoms with Crippen molar-refractivity contribution in [3.8, 4) is 16.8 Å². The molecule has 0 unspecified atom stereocenters. The largest absolute Gasteiger partial charge is 0.309 e. The van der Waals surface area contributed by atoms with E-state index in [1.165, 1.54) is 76.9 Å². The standard InChI is InChI=1S/C42H32BN/c1-29-13-3-9-19-38(29)43(39-20-10-4-14-30(39)2)40-28-27-33(34-15-5-6-16-35(34)40)31-23-25-32(26-24-31)44-41-21-11-7-17-36(41)37-18-8-12-22-42(37)44/h3-28H,1-2H3. The Hall–Kier alpha value is -5.34. The van der Waals surface area contributed by atoms with E-state index in [1.54, 1.807) is 0 Å². The summed E-state index contributed by atoms with van der Waals surface area (Å²) in [6, 6.07) is 57.7. The van der Waals surface area contributed by atoms with Crippen LogP contribution in [-0.4, -0.2) is 11.3 Å². The normalized spacial score (nSPS) is 11.4. The highest BCUT2D eigenvalue weighted by Crippen LogP contribution is 2.34. The van der Waals surface area contributed by atoms with Crippen LogP contribution in [0.25, 0.3) is 49.4 Å². The second-order valence-corrected chi connectivity index (χ2v) is 11.8. The molecule has 8 aromatic rings. The van der Waals surface area contributed by atoms with E-state index in [2.05, 4.69) is 176 Å². The molecule has 0 bridgehead atoms. The van der Waals surface area contributed by atoms with E-state index in [0.29, 0.717) is 0 Å². The molecule has 208 valence electrons. The summed E-state index contributed by atoms with van der Waals surface area (Å²) in [5.74, 6) is 0. The summed E-state index contributed by atoms with van der Waals surface area (Å²) in [5.41, 5.74) is 12.8. The fourth-order valence-electron chi connectivity index (χ4n) is 7.14. The fraction of sp³-hybridized carbons (Fsp3) is 0.0476. The Kier molecular flexibility index (Phi) is 6.42. The molecule has 0 radical (unpaired) electrons. The molecule has 7 aromatic carbocycles. The predicted molar refractivity (Wildman–Crippen MR) is 191 cm³/mol. The highest BCUT2D eigenvalue weighted by Gasteiger charge is 2.27. The molecule has 0 saturated heterocycles. The van der Waals surface area contributed by atoms with Crippen molar-refractivity contribution in [3.05, 3.63) is 169 Å². The van der Waals surface area contributed by atoms with Crippen LogP contribution in [0.3, 0.4) is 0 Å². The molecule has 0 aliphatic carbocycles. The van der Waals surface area contributed by atoms with E-state index in [-0.39, 0.29) is 6.71 Å². The van der Waals surface area contributed by atoms with Gasteiger partial charge in [0.15, 0.2) is 0 Å². The van der Waals surface area contributed by atoms with Crippen molar-refractivity contribution in [2.45, 2.75) is 13.8 Å². The first-order valence-corrected chi connectivity index (χ1v) is 15.4. The Morgan fingerprint density at radius 2 is 0.864 bits per heavy atom. The summed E-state index contributed by atoms with van der Waals surface area (Å²) in [6.45, 7) is 4.61. The zero-order valence-electron chi connectivity index (χ0n) is 25.0. The fourth-order valence-corrected chi connectivity index (χ4v) is 7.14. The van der Waals surface area contributed by atoms with Crippen molar-refractivity contribution in [1.82, 2.24) is 4.57 Å². The minimum absolute atomic E-state index is 0.147. The number of para-hydroxylation sites is 2. The zero-order valence-corrected chi connectivity index (χ0v) is 25.0. The average Bonchev–Trinajstić information content (AvgIpc) is 3.41. The summed E-state index contributed by atoms with van der Waals surface area (Å²) < 4.78 is 2.38. The van der Waals surface area contributed by atoms with Crippen LogP contribution in [0.15, 0.2) is 158 Å². The van der Waals surface area contributed by atoms with Crippen LogP contribution in [0.5, 0.6) is 0 Å². The minimum Gasteiger partial charge on any atom is -0.309 e. The van der Waals surface area contributed by atoms with Crippen LogP contribution in [0.1, 0.15) is 11.1 Å². The first kappa shape index (κ1) is 26.3. The van der Waals surface area contributed by atoms with Crippen molar-refractivity contribution in [1.29, 1.82) is 0 Å². The number of nitrogens with zero attached hydrogens (tertiary/aromatic N) is 1. The van der Waals surface area contributed by atoms with Gasteiger partial charge in [-0.05, 0) is 60.0 Å². The molecule has 0 amide bonds. The molecule has 0 atom stereocenters. The average molecular weight is 562 g/mol. The molecule has 44 heavy (non-hydrogen) atoms. The Labute approximate surface area is 259 Å². The number of aromatic nitrogens is 1. The van der Waals surface area contributed by atoms with Crippen molar-refractivity contribution in [3.63, 3.8) is 0 Å². The lowest BCUT2D eigenvalue weighted by Gasteiger charge is -2.22. The molecule has 1 nitrogen and oxygen atoms in total. The van der Waals surface area contributed by atoms with Gasteiger partial charge in [-0.1, -0.05) is 161 Å². The molecule has 0 spiro atoms. The van der Waals surface area contributed by atoms with Gasteiger partial charge in [-0.25, -0.2) is 0 Å². The van der Waals surface area contributed by atoms with Crippen molar-refractivity contribution in [2.24, 2.45) is 0 Å². The van der Waals surface area contributed by atoms with E-state index in [9.17, 15) is 0 Å². The Morgan fingerprint density at radius 1 is 0.386 bits per heavy atom. The van der Waals surface area contributed by atoms with Gasteiger partial charge in [0.25, 0.3) is 0 Å². The number of aryl methyl sites for hydroxylation is 2. The van der Waals surface area contributed by atoms with E-state index >= 15 is 0 Å². The van der Waals surface area contributed by atoms with Gasteiger partial charge in [-0.2, -0.15) is 0 Å². The van der Waals surface area contributed by atoms with E-state index < -0.39 is 0 Å². The van der Waals surface area contributed by atoms with Crippen LogP contribution < -0.4 is 16.4 Å². The summed E-state index contributed by atoms with van der Waals surface area (Å²) in [4.78, 5) is 0. The second kappa shape index (κ2) is 10.7. The number of fused-ring (bicyclic) bond motifs is 4. The van der Waals surface area contributed by atoms with Crippen LogP contribution in [0.2, 0.25) is 0 Å². The number of hydrogen-bond acceptors (Lipinski definition) is 0. The maximum Gasteiger partial charge on any atom is 0.242 e. The number of benzene rings is 7. The maximum absolute atomic E-state index is 2.38. The van der Waals surface area contributed by atoms with Gasteiger partial charge < -0.3 is 4.57 Å². The Balaban J connectivity index is 1.28. The lowest BCUT2D eigenvalue weighted by molar-refractivity contribution is 1.18. The van der Waals surface area contributed by atoms with Crippen molar-refractivity contribution in [2.75, 3.05) is 0 Å². The molecule has 0 fully saturated rings. The highest BCUT2D eigenvalue weighted by molar-refractivity contribution is 6.97. The van der Waals surface area contributed by atoms with Gasteiger partial charge in [-0.3, -0.25) is 0 Å². The van der Waals surface area contributed by atoms with E-state index in [1.807, 2.05) is 0 Å². The molecular formula is C42H32BN. The summed E-state index contributed by atoms with van der Waals surface area (Å²) >= 11 is 0. The molecule has 2 heteroatoms. The Morgan fingerprint density at radius 3 is 1.43 bits per heavy atom. The molecule has 1 heterocycles. The molecular weight excluding hydrogens is 529 g/mol. The van der Waals surface area contributed by atoms with Gasteiger partial charge in [0, 0.05) is 16.5 Å². The minimum atomic E-state index is 0.147. The van der Waals surface area contributed by atoms with Crippen LogP contribution in [0.4, 0.5) is 0 Å². The SMILES string of the molecule is Cc1ccccc1B(c1ccccc1C)c1ccc(-c2ccc(-n3c4ccccc4c4ccccc43)cc2)c2ccccc12. The second-order valence-electron chi connectivity index (χ2n) is 11.8. The third-order valence-corrected chi connectivity index (χ3v) is 9.28. The topological polar surface area (TPSA) is 4.93 Å². The molecule has 0 aliphatic heterocycles. The first-order valence-electron chi connectivity index (χ1n) is 15.4. The Bertz CT molecular complexity index is 2210. The molecule has 8 rings (SSSR count). The van der Waals surface area contributed by atoms with Crippen LogP contribution in [-0.2, 0) is 0 Å². The number of hydrogen-bond donors (Lipinski definition) is 0. The number of rotatable bonds is 5. The van der Waals surface area contributed by atoms with Gasteiger partial charge in [0.05, 0.1) is 11.0 Å². The van der Waals surface area contributed by atoms with Crippen molar-refractivity contribution >= 4 is 55.7 Å². The summed E-state index contributed by atoms with van der Waals surface area (Å²) in [7, 11) is 0. The third kappa shape index (κ3) is 4.26. The summed E-state index contributed by atoms with van der Waals surface area (Å²) in [6.07, 6.45) is 0. The molecule has 0 aliphatic rings. The summed E-state index contributed by atoms with van der Waals surface area (Å²) in [5, 5.41) is 5.14. The van der Waals surface area contributed by atoms with Gasteiger partial charge in [0.1, 0.15) is 0 Å². The third-order valence-electron chi connectivity index (χ3n) is 9.28. The zero-order chi connectivity index (χ0) is 29.6. The first-order chi connectivity index (χ1) is 21.7. The van der Waals surface area contributed by atoms with Crippen molar-refractivity contribution < 1.29 is 0 Å². The monoisotopic (exact) mass is 561 g/mol. The highest BCUT2D eigenvalue weighted by atomic mass is 15.0. The lowest BCUT2D eigenvalue weighted by Crippen LogP contribution is -2.54.